The van der Waals surface area contributed by atoms with E-state index in [4.69, 9.17) is 0 Å². The van der Waals surface area contributed by atoms with Crippen LogP contribution in [-0.2, 0) is 14.4 Å². The first kappa shape index (κ1) is 25.9. The molecule has 0 aromatic carbocycles. The van der Waals surface area contributed by atoms with E-state index in [0.29, 0.717) is 0 Å². The maximum Gasteiger partial charge on any atom is 0.148 e. The summed E-state index contributed by atoms with van der Waals surface area (Å²) in [6.07, 6.45) is -2.72. The summed E-state index contributed by atoms with van der Waals surface area (Å²) in [6, 6.07) is 0. The molecule has 0 bridgehead atoms. The highest BCUT2D eigenvalue weighted by Crippen LogP contribution is 2.26. The van der Waals surface area contributed by atoms with Gasteiger partial charge in [0.25, 0.3) is 0 Å². The van der Waals surface area contributed by atoms with Crippen molar-refractivity contribution >= 4 is 17.3 Å². The van der Waals surface area contributed by atoms with Crippen molar-refractivity contribution in [1.82, 2.24) is 0 Å². The maximum absolute atomic E-state index is 12.7. The Morgan fingerprint density at radius 2 is 1.07 bits per heavy atom. The Morgan fingerprint density at radius 3 is 1.44 bits per heavy atom. The van der Waals surface area contributed by atoms with Crippen LogP contribution in [0, 0.1) is 35.5 Å². The van der Waals surface area contributed by atoms with Gasteiger partial charge in [0.15, 0.2) is 0 Å². The fraction of sp³-hybridized carbons (Fsp3) is 0.857. The summed E-state index contributed by atoms with van der Waals surface area (Å²) in [5.74, 6) is -4.97. The van der Waals surface area contributed by atoms with E-state index in [-0.39, 0.29) is 18.1 Å². The Morgan fingerprint density at radius 1 is 0.667 bits per heavy atom. The molecule has 0 aliphatic heterocycles. The number of Topliss-reactive ketones (excluding diaryl/α,β-unsaturated/α-hetero) is 3. The van der Waals surface area contributed by atoms with Crippen molar-refractivity contribution in [3.05, 3.63) is 0 Å². The first-order valence-corrected chi connectivity index (χ1v) is 9.93. The van der Waals surface area contributed by atoms with Gasteiger partial charge in [-0.05, 0) is 12.8 Å². The zero-order valence-electron chi connectivity index (χ0n) is 18.0. The molecule has 0 heterocycles. The summed E-state index contributed by atoms with van der Waals surface area (Å²) in [6.45, 7) is 13.1. The van der Waals surface area contributed by atoms with E-state index in [0.717, 1.165) is 0 Å². The summed E-state index contributed by atoms with van der Waals surface area (Å²) in [7, 11) is 0. The fourth-order valence-corrected chi connectivity index (χ4v) is 3.48. The summed E-state index contributed by atoms with van der Waals surface area (Å²) in [5.41, 5.74) is 0. The molecule has 0 aromatic rings. The van der Waals surface area contributed by atoms with Crippen molar-refractivity contribution in [2.24, 2.45) is 35.5 Å². The van der Waals surface area contributed by atoms with E-state index in [2.05, 4.69) is 0 Å². The third kappa shape index (κ3) is 6.47. The van der Waals surface area contributed by atoms with Gasteiger partial charge in [0.2, 0.25) is 0 Å². The normalized spacial score (nSPS) is 20.9. The summed E-state index contributed by atoms with van der Waals surface area (Å²) >= 11 is 0. The molecular weight excluding hydrogens is 348 g/mol. The lowest BCUT2D eigenvalue weighted by molar-refractivity contribution is -0.142. The molecule has 8 atom stereocenters. The maximum atomic E-state index is 12.7. The monoisotopic (exact) mass is 386 g/mol. The quantitative estimate of drug-likeness (QED) is 0.443. The predicted octanol–water partition coefficient (Wildman–Crippen LogP) is 2.02. The second-order valence-electron chi connectivity index (χ2n) is 8.29. The van der Waals surface area contributed by atoms with Crippen LogP contribution in [-0.4, -0.2) is 51.0 Å². The second-order valence-corrected chi connectivity index (χ2v) is 8.29. The molecule has 0 rings (SSSR count). The van der Waals surface area contributed by atoms with E-state index in [1.54, 1.807) is 27.7 Å². The van der Waals surface area contributed by atoms with Crippen LogP contribution < -0.4 is 0 Å². The number of aliphatic hydroxyl groups excluding tert-OH is 3. The zero-order chi connectivity index (χ0) is 21.6. The van der Waals surface area contributed by atoms with E-state index in [9.17, 15) is 29.7 Å². The standard InChI is InChI=1S/C21H38O6/c1-9-16(22)11(4)18(24)13(6)20(26)15(8)21(27)14(7)19(25)12(5)17(23)10(2)3/h10-15,17-19,23-25H,9H2,1-8H3/t11-,12+,13-,14+,15?,17+,18-,19+/m0/s1. The van der Waals surface area contributed by atoms with Gasteiger partial charge in [0.05, 0.1) is 24.2 Å². The Labute approximate surface area is 163 Å². The molecule has 0 saturated carbocycles. The molecule has 0 aliphatic rings. The lowest BCUT2D eigenvalue weighted by atomic mass is 9.77. The third-order valence-corrected chi connectivity index (χ3v) is 5.90. The van der Waals surface area contributed by atoms with Crippen LogP contribution in [0.3, 0.4) is 0 Å². The molecule has 0 spiro atoms. The average Bonchev–Trinajstić information content (AvgIpc) is 2.66. The molecule has 158 valence electrons. The molecule has 27 heavy (non-hydrogen) atoms. The van der Waals surface area contributed by atoms with Gasteiger partial charge in [-0.3, -0.25) is 14.4 Å². The van der Waals surface area contributed by atoms with Crippen molar-refractivity contribution in [3.63, 3.8) is 0 Å². The Hall–Kier alpha value is -1.11. The topological polar surface area (TPSA) is 112 Å². The minimum absolute atomic E-state index is 0.0660. The minimum Gasteiger partial charge on any atom is -0.392 e. The summed E-state index contributed by atoms with van der Waals surface area (Å²) in [4.78, 5) is 37.1. The number of hydrogen-bond donors (Lipinski definition) is 3. The van der Waals surface area contributed by atoms with Crippen LogP contribution in [0.2, 0.25) is 0 Å². The predicted molar refractivity (Wildman–Crippen MR) is 104 cm³/mol. The van der Waals surface area contributed by atoms with Crippen LogP contribution in [0.5, 0.6) is 0 Å². The fourth-order valence-electron chi connectivity index (χ4n) is 3.48. The molecule has 6 heteroatoms. The highest BCUT2D eigenvalue weighted by Gasteiger charge is 2.39. The third-order valence-electron chi connectivity index (χ3n) is 5.90. The van der Waals surface area contributed by atoms with Gasteiger partial charge in [-0.15, -0.1) is 0 Å². The lowest BCUT2D eigenvalue weighted by Gasteiger charge is -2.31. The molecule has 0 radical (unpaired) electrons. The molecule has 6 nitrogen and oxygen atoms in total. The molecule has 3 N–H and O–H groups in total. The first-order valence-electron chi connectivity index (χ1n) is 9.93. The number of rotatable bonds is 12. The summed E-state index contributed by atoms with van der Waals surface area (Å²) < 4.78 is 0. The Balaban J connectivity index is 5.14. The van der Waals surface area contributed by atoms with Crippen molar-refractivity contribution in [2.75, 3.05) is 0 Å². The second kappa shape index (κ2) is 11.0. The number of carbonyl (C=O) groups excluding carboxylic acids is 3. The van der Waals surface area contributed by atoms with Crippen LogP contribution in [0.25, 0.3) is 0 Å². The van der Waals surface area contributed by atoms with Crippen LogP contribution >= 0.6 is 0 Å². The molecule has 0 aromatic heterocycles. The molecular formula is C21H38O6. The van der Waals surface area contributed by atoms with Gasteiger partial charge >= 0.3 is 0 Å². The smallest absolute Gasteiger partial charge is 0.148 e. The van der Waals surface area contributed by atoms with Crippen molar-refractivity contribution < 1.29 is 29.7 Å². The average molecular weight is 387 g/mol. The Kier molecular flexibility index (Phi) is 10.6. The SMILES string of the molecule is CCC(=O)[C@H](C)[C@H](O)[C@H](C)C(=O)C(C)C(=O)[C@H](C)[C@H](O)[C@H](C)[C@H](O)C(C)C. The van der Waals surface area contributed by atoms with Crippen molar-refractivity contribution in [1.29, 1.82) is 0 Å². The Bertz CT molecular complexity index is 515. The first-order chi connectivity index (χ1) is 12.3. The minimum atomic E-state index is -1.15. The van der Waals surface area contributed by atoms with E-state index >= 15 is 0 Å². The van der Waals surface area contributed by atoms with Crippen LogP contribution in [0.1, 0.15) is 61.8 Å². The largest absolute Gasteiger partial charge is 0.392 e. The number of ketones is 3. The molecule has 0 fully saturated rings. The van der Waals surface area contributed by atoms with E-state index < -0.39 is 59.5 Å². The van der Waals surface area contributed by atoms with Gasteiger partial charge in [-0.25, -0.2) is 0 Å². The van der Waals surface area contributed by atoms with Gasteiger partial charge in [0, 0.05) is 30.1 Å². The number of hydrogen-bond acceptors (Lipinski definition) is 6. The number of aliphatic hydroxyl groups is 3. The van der Waals surface area contributed by atoms with Gasteiger partial charge < -0.3 is 15.3 Å². The molecule has 0 saturated heterocycles. The van der Waals surface area contributed by atoms with Crippen LogP contribution in [0.15, 0.2) is 0 Å². The molecule has 0 aliphatic carbocycles. The molecule has 0 amide bonds. The summed E-state index contributed by atoms with van der Waals surface area (Å²) in [5, 5.41) is 30.9. The van der Waals surface area contributed by atoms with Gasteiger partial charge in [-0.1, -0.05) is 48.5 Å². The van der Waals surface area contributed by atoms with Crippen molar-refractivity contribution in [3.8, 4) is 0 Å². The van der Waals surface area contributed by atoms with E-state index in [1.165, 1.54) is 13.8 Å². The highest BCUT2D eigenvalue weighted by atomic mass is 16.3. The zero-order valence-corrected chi connectivity index (χ0v) is 18.0. The lowest BCUT2D eigenvalue weighted by Crippen LogP contribution is -2.44. The molecule has 1 unspecified atom stereocenters. The van der Waals surface area contributed by atoms with Crippen LogP contribution in [0.4, 0.5) is 0 Å². The highest BCUT2D eigenvalue weighted by molar-refractivity contribution is 6.04. The van der Waals surface area contributed by atoms with Gasteiger partial charge in [0.1, 0.15) is 17.3 Å². The number of carbonyl (C=O) groups is 3. The van der Waals surface area contributed by atoms with Crippen molar-refractivity contribution in [2.45, 2.75) is 80.1 Å². The van der Waals surface area contributed by atoms with E-state index in [1.807, 2.05) is 13.8 Å². The van der Waals surface area contributed by atoms with Gasteiger partial charge in [-0.2, -0.15) is 0 Å².